The number of ether oxygens (including phenoxy) is 2. The molecule has 4 rings (SSSR count). The van der Waals surface area contributed by atoms with E-state index in [9.17, 15) is 9.00 Å². The van der Waals surface area contributed by atoms with E-state index >= 15 is 0 Å². The molecule has 3 unspecified atom stereocenters. The van der Waals surface area contributed by atoms with E-state index in [4.69, 9.17) is 26.8 Å². The van der Waals surface area contributed by atoms with Crippen molar-refractivity contribution in [3.8, 4) is 10.6 Å². The second-order valence-corrected chi connectivity index (χ2v) is 9.37. The Hall–Kier alpha value is -1.88. The Morgan fingerprint density at radius 3 is 3.11 bits per heavy atom. The van der Waals surface area contributed by atoms with Crippen LogP contribution in [0.2, 0.25) is 5.02 Å². The normalized spacial score (nSPS) is 27.4. The smallest absolute Gasteiger partial charge is 0.354 e. The van der Waals surface area contributed by atoms with Crippen molar-refractivity contribution in [2.24, 2.45) is 10.7 Å². The van der Waals surface area contributed by atoms with Crippen molar-refractivity contribution in [1.82, 2.24) is 9.29 Å². The fraction of sp³-hybridized carbons (Fsp3) is 0.375. The zero-order valence-corrected chi connectivity index (χ0v) is 16.9. The minimum Gasteiger partial charge on any atom is -0.464 e. The fourth-order valence-electron chi connectivity index (χ4n) is 3.27. The molecule has 0 aromatic carbocycles. The average molecular weight is 429 g/mol. The highest BCUT2D eigenvalue weighted by Crippen LogP contribution is 2.48. The molecule has 0 amide bonds. The molecule has 0 radical (unpaired) electrons. The number of aromatic amines is 1. The van der Waals surface area contributed by atoms with Gasteiger partial charge in [-0.2, -0.15) is 0 Å². The molecule has 11 heteroatoms. The van der Waals surface area contributed by atoms with Gasteiger partial charge >= 0.3 is 5.97 Å². The number of esters is 1. The van der Waals surface area contributed by atoms with Crippen molar-refractivity contribution in [2.75, 3.05) is 27.4 Å². The van der Waals surface area contributed by atoms with Crippen LogP contribution in [0, 0.1) is 0 Å². The van der Waals surface area contributed by atoms with Crippen LogP contribution in [0.5, 0.6) is 0 Å². The molecule has 3 atom stereocenters. The van der Waals surface area contributed by atoms with Crippen LogP contribution in [-0.4, -0.2) is 58.0 Å². The Morgan fingerprint density at radius 2 is 2.37 bits per heavy atom. The van der Waals surface area contributed by atoms with Crippen LogP contribution < -0.4 is 5.73 Å². The standard InChI is InChI=1S/C16H17ClN4O4S2/c1-21-15(18)20-16(7-25-6-12(16)27(21)23)13-8(17)5-11(26-13)9-3-4-10(19-9)14(22)24-2/h3-5,12,19H,6-7H2,1-2H3,(H2,18,20). The molecule has 0 saturated carbocycles. The first-order valence-electron chi connectivity index (χ1n) is 8.02. The summed E-state index contributed by atoms with van der Waals surface area (Å²) in [5.74, 6) is -0.260. The number of methoxy groups -OCH3 is 1. The summed E-state index contributed by atoms with van der Waals surface area (Å²) in [6.07, 6.45) is 0. The number of rotatable bonds is 3. The van der Waals surface area contributed by atoms with Gasteiger partial charge in [-0.1, -0.05) is 11.6 Å². The van der Waals surface area contributed by atoms with Gasteiger partial charge in [0.2, 0.25) is 5.96 Å². The molecular formula is C16H17ClN4O4S2. The zero-order chi connectivity index (χ0) is 19.3. The SMILES string of the molecule is COC(=O)c1ccc(-c2cc(Cl)c(C34COCC3S(=O)N(C)C(N)=N4)s2)[nH]1. The number of nitrogens with one attached hydrogen (secondary N) is 1. The number of carbonyl (C=O) groups is 1. The van der Waals surface area contributed by atoms with Gasteiger partial charge in [0.25, 0.3) is 0 Å². The number of thiophene rings is 1. The Morgan fingerprint density at radius 1 is 1.59 bits per heavy atom. The lowest BCUT2D eigenvalue weighted by atomic mass is 9.96. The first-order valence-corrected chi connectivity index (χ1v) is 10.4. The van der Waals surface area contributed by atoms with Crippen LogP contribution in [0.25, 0.3) is 10.6 Å². The molecule has 3 N–H and O–H groups in total. The van der Waals surface area contributed by atoms with Gasteiger partial charge in [0.15, 0.2) is 0 Å². The lowest BCUT2D eigenvalue weighted by Gasteiger charge is -2.36. The Balaban J connectivity index is 1.78. The van der Waals surface area contributed by atoms with Crippen LogP contribution in [0.4, 0.5) is 0 Å². The molecule has 4 heterocycles. The maximum atomic E-state index is 12.8. The first kappa shape index (κ1) is 18.5. The summed E-state index contributed by atoms with van der Waals surface area (Å²) in [5.41, 5.74) is 6.20. The molecule has 1 fully saturated rings. The summed E-state index contributed by atoms with van der Waals surface area (Å²) in [6.45, 7) is 0.571. The Bertz CT molecular complexity index is 972. The van der Waals surface area contributed by atoms with Gasteiger partial charge in [0, 0.05) is 7.05 Å². The Kier molecular flexibility index (Phi) is 4.53. The molecule has 2 aromatic rings. The first-order chi connectivity index (χ1) is 12.9. The second-order valence-electron chi connectivity index (χ2n) is 6.24. The van der Waals surface area contributed by atoms with Gasteiger partial charge in [-0.05, 0) is 18.2 Å². The average Bonchev–Trinajstić information content (AvgIpc) is 3.37. The summed E-state index contributed by atoms with van der Waals surface area (Å²) >= 11 is 7.96. The van der Waals surface area contributed by atoms with Crippen LogP contribution >= 0.6 is 22.9 Å². The van der Waals surface area contributed by atoms with E-state index < -0.39 is 22.5 Å². The maximum absolute atomic E-state index is 12.8. The number of guanidine groups is 1. The second kappa shape index (κ2) is 6.62. The van der Waals surface area contributed by atoms with E-state index in [0.29, 0.717) is 17.3 Å². The van der Waals surface area contributed by atoms with Crippen molar-refractivity contribution in [1.29, 1.82) is 0 Å². The number of carbonyl (C=O) groups excluding carboxylic acids is 1. The summed E-state index contributed by atoms with van der Waals surface area (Å²) < 4.78 is 24.6. The zero-order valence-electron chi connectivity index (χ0n) is 14.5. The van der Waals surface area contributed by atoms with E-state index in [-0.39, 0.29) is 17.8 Å². The molecule has 144 valence electrons. The van der Waals surface area contributed by atoms with Crippen molar-refractivity contribution in [3.05, 3.63) is 33.8 Å². The highest BCUT2D eigenvalue weighted by atomic mass is 35.5. The van der Waals surface area contributed by atoms with Gasteiger partial charge in [0.05, 0.1) is 40.8 Å². The molecule has 0 spiro atoms. The van der Waals surface area contributed by atoms with Crippen LogP contribution in [0.1, 0.15) is 15.4 Å². The number of hydrogen-bond acceptors (Lipinski definition) is 7. The molecule has 2 aliphatic heterocycles. The number of aromatic nitrogens is 1. The number of nitrogens with two attached hydrogens (primary N) is 1. The highest BCUT2D eigenvalue weighted by molar-refractivity contribution is 7.84. The predicted octanol–water partition coefficient (Wildman–Crippen LogP) is 1.70. The van der Waals surface area contributed by atoms with Crippen LogP contribution in [-0.2, 0) is 26.0 Å². The number of fused-ring (bicyclic) bond motifs is 1. The topological polar surface area (TPSA) is 110 Å². The van der Waals surface area contributed by atoms with E-state index in [1.54, 1.807) is 25.2 Å². The summed E-state index contributed by atoms with van der Waals surface area (Å²) in [6, 6.07) is 5.23. The number of halogens is 1. The van der Waals surface area contributed by atoms with E-state index in [1.807, 2.05) is 0 Å². The number of hydrogen-bond donors (Lipinski definition) is 2. The third kappa shape index (κ3) is 2.78. The molecule has 8 nitrogen and oxygen atoms in total. The van der Waals surface area contributed by atoms with Crippen molar-refractivity contribution in [2.45, 2.75) is 10.8 Å². The van der Waals surface area contributed by atoms with Crippen LogP contribution in [0.15, 0.2) is 23.2 Å². The molecular weight excluding hydrogens is 412 g/mol. The van der Waals surface area contributed by atoms with Crippen molar-refractivity contribution < 1.29 is 18.5 Å². The van der Waals surface area contributed by atoms with E-state index in [0.717, 1.165) is 15.4 Å². The van der Waals surface area contributed by atoms with Gasteiger partial charge < -0.3 is 20.2 Å². The van der Waals surface area contributed by atoms with Crippen LogP contribution in [0.3, 0.4) is 0 Å². The lowest BCUT2D eigenvalue weighted by molar-refractivity contribution is 0.0595. The van der Waals surface area contributed by atoms with Crippen molar-refractivity contribution in [3.63, 3.8) is 0 Å². The monoisotopic (exact) mass is 428 g/mol. The van der Waals surface area contributed by atoms with Gasteiger partial charge in [-0.3, -0.25) is 4.31 Å². The van der Waals surface area contributed by atoms with Gasteiger partial charge in [-0.15, -0.1) is 11.3 Å². The lowest BCUT2D eigenvalue weighted by Crippen LogP contribution is -2.53. The predicted molar refractivity (Wildman–Crippen MR) is 104 cm³/mol. The van der Waals surface area contributed by atoms with Crippen molar-refractivity contribution >= 4 is 45.9 Å². The quantitative estimate of drug-likeness (QED) is 0.723. The fourth-order valence-corrected chi connectivity index (χ4v) is 6.39. The molecule has 27 heavy (non-hydrogen) atoms. The molecule has 2 aromatic heterocycles. The van der Waals surface area contributed by atoms with Gasteiger partial charge in [-0.25, -0.2) is 14.0 Å². The van der Waals surface area contributed by atoms with Gasteiger partial charge in [0.1, 0.15) is 27.5 Å². The highest BCUT2D eigenvalue weighted by Gasteiger charge is 2.55. The maximum Gasteiger partial charge on any atom is 0.354 e. The number of aliphatic imine (C=N–C) groups is 1. The van der Waals surface area contributed by atoms with E-state index in [2.05, 4.69) is 9.98 Å². The summed E-state index contributed by atoms with van der Waals surface area (Å²) in [7, 11) is 1.59. The largest absolute Gasteiger partial charge is 0.464 e. The minimum atomic E-state index is -1.38. The number of nitrogens with zero attached hydrogens (tertiary/aromatic N) is 2. The third-order valence-corrected chi connectivity index (χ3v) is 8.20. The molecule has 0 aliphatic carbocycles. The molecule has 1 saturated heterocycles. The Labute approximate surface area is 166 Å². The third-order valence-electron chi connectivity index (χ3n) is 4.71. The minimum absolute atomic E-state index is 0.189. The summed E-state index contributed by atoms with van der Waals surface area (Å²) in [4.78, 5) is 20.9. The number of H-pyrrole nitrogens is 1. The van der Waals surface area contributed by atoms with E-state index in [1.165, 1.54) is 22.8 Å². The molecule has 0 bridgehead atoms. The molecule has 2 aliphatic rings. The summed E-state index contributed by atoms with van der Waals surface area (Å²) in [5, 5.41) is 0.130.